The molecule has 104 valence electrons. The van der Waals surface area contributed by atoms with E-state index in [4.69, 9.17) is 0 Å². The number of anilines is 1. The molecule has 0 saturated heterocycles. The van der Waals surface area contributed by atoms with Crippen LogP contribution < -0.4 is 5.32 Å². The second-order valence-electron chi connectivity index (χ2n) is 4.85. The van der Waals surface area contributed by atoms with Crippen molar-refractivity contribution in [3.8, 4) is 0 Å². The van der Waals surface area contributed by atoms with Gasteiger partial charge in [0.2, 0.25) is 0 Å². The van der Waals surface area contributed by atoms with E-state index in [1.807, 2.05) is 66.7 Å². The van der Waals surface area contributed by atoms with Crippen molar-refractivity contribution in [2.24, 2.45) is 0 Å². The molecule has 3 heteroatoms. The Labute approximate surface area is 122 Å². The Kier molecular flexibility index (Phi) is 3.56. The molecule has 0 saturated carbocycles. The summed E-state index contributed by atoms with van der Waals surface area (Å²) in [5.74, 6) is -0.892. The third-order valence-electron chi connectivity index (χ3n) is 3.49. The largest absolute Gasteiger partial charge is 0.478 e. The molecule has 0 heterocycles. The van der Waals surface area contributed by atoms with E-state index in [0.29, 0.717) is 12.1 Å². The van der Waals surface area contributed by atoms with Crippen molar-refractivity contribution in [1.29, 1.82) is 0 Å². The van der Waals surface area contributed by atoms with Gasteiger partial charge < -0.3 is 10.4 Å². The molecule has 3 rings (SSSR count). The Morgan fingerprint density at radius 2 is 1.62 bits per heavy atom. The third-order valence-corrected chi connectivity index (χ3v) is 3.49. The summed E-state index contributed by atoms with van der Waals surface area (Å²) in [7, 11) is 0. The van der Waals surface area contributed by atoms with Crippen LogP contribution in [0.5, 0.6) is 0 Å². The molecule has 2 N–H and O–H groups in total. The van der Waals surface area contributed by atoms with Gasteiger partial charge in [0.1, 0.15) is 0 Å². The highest BCUT2D eigenvalue weighted by atomic mass is 16.4. The maximum absolute atomic E-state index is 11.6. The summed E-state index contributed by atoms with van der Waals surface area (Å²) in [6, 6.07) is 21.2. The number of aromatic carboxylic acids is 1. The van der Waals surface area contributed by atoms with E-state index in [2.05, 4.69) is 5.32 Å². The summed E-state index contributed by atoms with van der Waals surface area (Å²) in [5, 5.41) is 14.5. The SMILES string of the molecule is O=C(O)c1c(CNc2ccccc2)ccc2ccccc12. The molecule has 21 heavy (non-hydrogen) atoms. The van der Waals surface area contributed by atoms with Crippen LogP contribution in [0.1, 0.15) is 15.9 Å². The molecule has 3 aromatic rings. The summed E-state index contributed by atoms with van der Waals surface area (Å²) in [4.78, 5) is 11.6. The first-order valence-corrected chi connectivity index (χ1v) is 6.78. The smallest absolute Gasteiger partial charge is 0.336 e. The zero-order chi connectivity index (χ0) is 14.7. The van der Waals surface area contributed by atoms with Crippen LogP contribution in [0.25, 0.3) is 10.8 Å². The van der Waals surface area contributed by atoms with E-state index in [0.717, 1.165) is 22.0 Å². The lowest BCUT2D eigenvalue weighted by atomic mass is 9.99. The van der Waals surface area contributed by atoms with Gasteiger partial charge in [-0.25, -0.2) is 4.79 Å². The quantitative estimate of drug-likeness (QED) is 0.753. The first-order chi connectivity index (χ1) is 10.3. The van der Waals surface area contributed by atoms with Gasteiger partial charge in [-0.05, 0) is 28.5 Å². The molecule has 0 fully saturated rings. The fourth-order valence-corrected chi connectivity index (χ4v) is 2.47. The van der Waals surface area contributed by atoms with Crippen molar-refractivity contribution in [2.45, 2.75) is 6.54 Å². The van der Waals surface area contributed by atoms with Gasteiger partial charge in [0, 0.05) is 12.2 Å². The number of para-hydroxylation sites is 1. The van der Waals surface area contributed by atoms with Gasteiger partial charge in [0.25, 0.3) is 0 Å². The normalized spacial score (nSPS) is 10.5. The first kappa shape index (κ1) is 13.2. The van der Waals surface area contributed by atoms with Gasteiger partial charge in [0.15, 0.2) is 0 Å². The standard InChI is InChI=1S/C18H15NO2/c20-18(21)17-14(12-19-15-7-2-1-3-8-15)11-10-13-6-4-5-9-16(13)17/h1-11,19H,12H2,(H,20,21). The van der Waals surface area contributed by atoms with Crippen molar-refractivity contribution in [2.75, 3.05) is 5.32 Å². The van der Waals surface area contributed by atoms with Crippen LogP contribution in [0.4, 0.5) is 5.69 Å². The molecule has 0 spiro atoms. The van der Waals surface area contributed by atoms with Crippen molar-refractivity contribution >= 4 is 22.4 Å². The van der Waals surface area contributed by atoms with Crippen LogP contribution in [0.2, 0.25) is 0 Å². The van der Waals surface area contributed by atoms with Crippen LogP contribution in [0.15, 0.2) is 66.7 Å². The monoisotopic (exact) mass is 277 g/mol. The lowest BCUT2D eigenvalue weighted by Crippen LogP contribution is -2.08. The first-order valence-electron chi connectivity index (χ1n) is 6.78. The Morgan fingerprint density at radius 3 is 2.38 bits per heavy atom. The van der Waals surface area contributed by atoms with E-state index in [9.17, 15) is 9.90 Å². The highest BCUT2D eigenvalue weighted by molar-refractivity contribution is 6.05. The number of carbonyl (C=O) groups is 1. The summed E-state index contributed by atoms with van der Waals surface area (Å²) in [6.45, 7) is 0.483. The number of carboxylic acid groups (broad SMARTS) is 1. The fourth-order valence-electron chi connectivity index (χ4n) is 2.47. The molecule has 0 unspecified atom stereocenters. The maximum Gasteiger partial charge on any atom is 0.336 e. The van der Waals surface area contributed by atoms with Gasteiger partial charge >= 0.3 is 5.97 Å². The highest BCUT2D eigenvalue weighted by Gasteiger charge is 2.13. The minimum Gasteiger partial charge on any atom is -0.478 e. The Morgan fingerprint density at radius 1 is 0.905 bits per heavy atom. The van der Waals surface area contributed by atoms with E-state index >= 15 is 0 Å². The molecule has 0 aliphatic carbocycles. The van der Waals surface area contributed by atoms with Crippen LogP contribution in [0.3, 0.4) is 0 Å². The molecule has 3 nitrogen and oxygen atoms in total. The summed E-state index contributed by atoms with van der Waals surface area (Å²) in [5.41, 5.74) is 2.13. The Hall–Kier alpha value is -2.81. The molecular weight excluding hydrogens is 262 g/mol. The van der Waals surface area contributed by atoms with Crippen LogP contribution in [-0.4, -0.2) is 11.1 Å². The fraction of sp³-hybridized carbons (Fsp3) is 0.0556. The number of hydrogen-bond donors (Lipinski definition) is 2. The van der Waals surface area contributed by atoms with Crippen molar-refractivity contribution in [3.63, 3.8) is 0 Å². The number of benzene rings is 3. The van der Waals surface area contributed by atoms with Crippen LogP contribution in [0, 0.1) is 0 Å². The lowest BCUT2D eigenvalue weighted by Gasteiger charge is -2.11. The molecule has 0 amide bonds. The molecule has 0 aromatic heterocycles. The minimum absolute atomic E-state index is 0.372. The highest BCUT2D eigenvalue weighted by Crippen LogP contribution is 2.23. The average Bonchev–Trinajstić information content (AvgIpc) is 2.53. The molecule has 0 aliphatic rings. The molecule has 3 aromatic carbocycles. The zero-order valence-corrected chi connectivity index (χ0v) is 11.4. The third kappa shape index (κ3) is 2.72. The van der Waals surface area contributed by atoms with Crippen LogP contribution in [-0.2, 0) is 6.54 Å². The Balaban J connectivity index is 1.98. The van der Waals surface area contributed by atoms with Crippen LogP contribution >= 0.6 is 0 Å². The molecular formula is C18H15NO2. The predicted molar refractivity (Wildman–Crippen MR) is 84.7 cm³/mol. The number of hydrogen-bond acceptors (Lipinski definition) is 2. The molecule has 0 atom stereocenters. The molecule has 0 radical (unpaired) electrons. The number of fused-ring (bicyclic) bond motifs is 1. The minimum atomic E-state index is -0.892. The summed E-state index contributed by atoms with van der Waals surface area (Å²) < 4.78 is 0. The maximum atomic E-state index is 11.6. The number of carboxylic acids is 1. The lowest BCUT2D eigenvalue weighted by molar-refractivity contribution is 0.0698. The topological polar surface area (TPSA) is 49.3 Å². The van der Waals surface area contributed by atoms with Gasteiger partial charge in [0.05, 0.1) is 5.56 Å². The van der Waals surface area contributed by atoms with Crippen molar-refractivity contribution in [3.05, 3.63) is 77.9 Å². The van der Waals surface area contributed by atoms with Crippen molar-refractivity contribution < 1.29 is 9.90 Å². The van der Waals surface area contributed by atoms with Gasteiger partial charge in [-0.1, -0.05) is 54.6 Å². The zero-order valence-electron chi connectivity index (χ0n) is 11.4. The van der Waals surface area contributed by atoms with Gasteiger partial charge in [-0.2, -0.15) is 0 Å². The number of nitrogens with one attached hydrogen (secondary N) is 1. The second-order valence-corrected chi connectivity index (χ2v) is 4.85. The molecule has 0 bridgehead atoms. The van der Waals surface area contributed by atoms with E-state index in [-0.39, 0.29) is 0 Å². The second kappa shape index (κ2) is 5.67. The molecule has 0 aliphatic heterocycles. The van der Waals surface area contributed by atoms with Gasteiger partial charge in [-0.3, -0.25) is 0 Å². The van der Waals surface area contributed by atoms with Gasteiger partial charge in [-0.15, -0.1) is 0 Å². The predicted octanol–water partition coefficient (Wildman–Crippen LogP) is 4.15. The average molecular weight is 277 g/mol. The van der Waals surface area contributed by atoms with E-state index < -0.39 is 5.97 Å². The summed E-state index contributed by atoms with van der Waals surface area (Å²) in [6.07, 6.45) is 0. The Bertz CT molecular complexity index is 782. The van der Waals surface area contributed by atoms with E-state index in [1.54, 1.807) is 0 Å². The van der Waals surface area contributed by atoms with Crippen molar-refractivity contribution in [1.82, 2.24) is 0 Å². The number of rotatable bonds is 4. The summed E-state index contributed by atoms with van der Waals surface area (Å²) >= 11 is 0. The van der Waals surface area contributed by atoms with E-state index in [1.165, 1.54) is 0 Å².